The fraction of sp³-hybridized carbons (Fsp3) is 0.733. The number of nitrogens with zero attached hydrogens (tertiary/aromatic N) is 3. The summed E-state index contributed by atoms with van der Waals surface area (Å²) in [6.07, 6.45) is 4.29. The molecular weight excluding hydrogens is 284 g/mol. The van der Waals surface area contributed by atoms with Gasteiger partial charge in [-0.2, -0.15) is 0 Å². The minimum absolute atomic E-state index is 0.0710. The molecule has 1 aromatic heterocycles. The molecule has 0 bridgehead atoms. The molecule has 7 heteroatoms. The molecular formula is C15H24N4O3. The second-order valence-electron chi connectivity index (χ2n) is 6.38. The van der Waals surface area contributed by atoms with Gasteiger partial charge < -0.3 is 19.1 Å². The van der Waals surface area contributed by atoms with Crippen LogP contribution in [0.3, 0.4) is 0 Å². The number of urea groups is 1. The summed E-state index contributed by atoms with van der Waals surface area (Å²) < 4.78 is 10.6. The van der Waals surface area contributed by atoms with E-state index < -0.39 is 0 Å². The number of aryl methyl sites for hydroxylation is 1. The van der Waals surface area contributed by atoms with E-state index in [0.717, 1.165) is 24.6 Å². The summed E-state index contributed by atoms with van der Waals surface area (Å²) >= 11 is 0. The fourth-order valence-corrected chi connectivity index (χ4v) is 2.77. The van der Waals surface area contributed by atoms with Gasteiger partial charge in [0.15, 0.2) is 5.82 Å². The summed E-state index contributed by atoms with van der Waals surface area (Å²) in [7, 11) is 2.12. The molecule has 22 heavy (non-hydrogen) atoms. The topological polar surface area (TPSA) is 70.8 Å². The van der Waals surface area contributed by atoms with Crippen LogP contribution in [0.4, 0.5) is 10.6 Å². The van der Waals surface area contributed by atoms with Crippen molar-refractivity contribution in [2.24, 2.45) is 5.92 Å². The summed E-state index contributed by atoms with van der Waals surface area (Å²) in [5.74, 6) is 1.35. The number of hydrogen-bond donors (Lipinski definition) is 1. The van der Waals surface area contributed by atoms with Crippen molar-refractivity contribution in [1.29, 1.82) is 0 Å². The molecule has 2 fully saturated rings. The minimum Gasteiger partial charge on any atom is -0.373 e. The monoisotopic (exact) mass is 308 g/mol. The Morgan fingerprint density at radius 2 is 2.32 bits per heavy atom. The van der Waals surface area contributed by atoms with E-state index >= 15 is 0 Å². The zero-order valence-electron chi connectivity index (χ0n) is 13.2. The van der Waals surface area contributed by atoms with Gasteiger partial charge in [0, 0.05) is 31.7 Å². The molecule has 7 nitrogen and oxygen atoms in total. The number of aromatic nitrogens is 1. The molecule has 1 saturated carbocycles. The molecule has 1 aliphatic carbocycles. The highest BCUT2D eigenvalue weighted by atomic mass is 16.5. The number of ether oxygens (including phenoxy) is 1. The van der Waals surface area contributed by atoms with Gasteiger partial charge in [-0.15, -0.1) is 0 Å². The van der Waals surface area contributed by atoms with Crippen LogP contribution in [0.15, 0.2) is 10.8 Å². The highest BCUT2D eigenvalue weighted by Crippen LogP contribution is 2.29. The van der Waals surface area contributed by atoms with Crippen molar-refractivity contribution in [3.63, 3.8) is 0 Å². The molecule has 0 radical (unpaired) electrons. The maximum atomic E-state index is 12.3. The molecule has 2 aliphatic rings. The summed E-state index contributed by atoms with van der Waals surface area (Å²) in [5, 5.41) is 6.57. The van der Waals surface area contributed by atoms with Crippen molar-refractivity contribution in [2.75, 3.05) is 45.2 Å². The molecule has 122 valence electrons. The van der Waals surface area contributed by atoms with Crippen molar-refractivity contribution in [1.82, 2.24) is 15.0 Å². The molecule has 1 aliphatic heterocycles. The zero-order valence-corrected chi connectivity index (χ0v) is 13.2. The number of amides is 2. The number of carbonyl (C=O) groups is 1. The lowest BCUT2D eigenvalue weighted by Crippen LogP contribution is -2.50. The predicted molar refractivity (Wildman–Crippen MR) is 81.8 cm³/mol. The van der Waals surface area contributed by atoms with E-state index in [9.17, 15) is 4.79 Å². The number of carbonyl (C=O) groups excluding carboxylic acids is 1. The first kappa shape index (κ1) is 15.3. The smallest absolute Gasteiger partial charge is 0.323 e. The molecule has 1 aromatic rings. The number of anilines is 1. The van der Waals surface area contributed by atoms with Crippen molar-refractivity contribution >= 4 is 11.8 Å². The van der Waals surface area contributed by atoms with Crippen molar-refractivity contribution in [2.45, 2.75) is 25.9 Å². The Morgan fingerprint density at radius 1 is 1.50 bits per heavy atom. The zero-order chi connectivity index (χ0) is 15.5. The van der Waals surface area contributed by atoms with Crippen LogP contribution >= 0.6 is 0 Å². The number of likely N-dealkylation sites (N-methyl/N-ethyl adjacent to an activating group) is 1. The van der Waals surface area contributed by atoms with Crippen LogP contribution in [-0.2, 0) is 4.74 Å². The van der Waals surface area contributed by atoms with E-state index in [1.165, 1.54) is 19.1 Å². The van der Waals surface area contributed by atoms with Gasteiger partial charge >= 0.3 is 6.03 Å². The lowest BCUT2D eigenvalue weighted by atomic mass is 10.2. The van der Waals surface area contributed by atoms with Crippen molar-refractivity contribution < 1.29 is 14.1 Å². The van der Waals surface area contributed by atoms with E-state index in [1.807, 2.05) is 6.92 Å². The van der Waals surface area contributed by atoms with Crippen LogP contribution < -0.4 is 5.32 Å². The van der Waals surface area contributed by atoms with Gasteiger partial charge in [-0.1, -0.05) is 5.16 Å². The van der Waals surface area contributed by atoms with Crippen LogP contribution in [0.5, 0.6) is 0 Å². The Morgan fingerprint density at radius 3 is 3.00 bits per heavy atom. The third kappa shape index (κ3) is 3.98. The largest absolute Gasteiger partial charge is 0.373 e. The molecule has 2 heterocycles. The minimum atomic E-state index is -0.143. The summed E-state index contributed by atoms with van der Waals surface area (Å²) in [4.78, 5) is 16.4. The third-order valence-corrected chi connectivity index (χ3v) is 4.18. The molecule has 0 aromatic carbocycles. The Hall–Kier alpha value is -1.60. The molecule has 1 N–H and O–H groups in total. The fourth-order valence-electron chi connectivity index (χ4n) is 2.77. The van der Waals surface area contributed by atoms with Gasteiger partial charge in [0.05, 0.1) is 12.7 Å². The number of nitrogens with one attached hydrogen (secondary N) is 1. The maximum absolute atomic E-state index is 12.3. The highest BCUT2D eigenvalue weighted by molar-refractivity contribution is 5.88. The molecule has 2 amide bonds. The molecule has 0 spiro atoms. The number of hydrogen-bond acceptors (Lipinski definition) is 5. The Kier molecular flexibility index (Phi) is 4.63. The highest BCUT2D eigenvalue weighted by Gasteiger charge is 2.28. The molecule has 1 atom stereocenters. The van der Waals surface area contributed by atoms with Gasteiger partial charge in [0.1, 0.15) is 6.26 Å². The van der Waals surface area contributed by atoms with Crippen LogP contribution in [0, 0.1) is 12.8 Å². The Bertz CT molecular complexity index is 515. The van der Waals surface area contributed by atoms with Crippen LogP contribution in [-0.4, -0.2) is 66.9 Å². The SMILES string of the molecule is Cc1conc1NC(=O)N1CCO[C@@H](CN(C)CC2CC2)C1. The van der Waals surface area contributed by atoms with E-state index in [0.29, 0.717) is 25.5 Å². The first-order valence-electron chi connectivity index (χ1n) is 7.89. The summed E-state index contributed by atoms with van der Waals surface area (Å²) in [5.41, 5.74) is 0.822. The van der Waals surface area contributed by atoms with Crippen molar-refractivity contribution in [3.8, 4) is 0 Å². The van der Waals surface area contributed by atoms with Gasteiger partial charge in [0.2, 0.25) is 0 Å². The van der Waals surface area contributed by atoms with Gasteiger partial charge in [-0.3, -0.25) is 5.32 Å². The van der Waals surface area contributed by atoms with E-state index in [1.54, 1.807) is 4.90 Å². The van der Waals surface area contributed by atoms with Crippen LogP contribution in [0.1, 0.15) is 18.4 Å². The van der Waals surface area contributed by atoms with Crippen molar-refractivity contribution in [3.05, 3.63) is 11.8 Å². The molecule has 3 rings (SSSR count). The van der Waals surface area contributed by atoms with E-state index in [-0.39, 0.29) is 12.1 Å². The number of rotatable bonds is 5. The Balaban J connectivity index is 1.48. The standard InChI is InChI=1S/C15H24N4O3/c1-11-10-22-17-14(11)16-15(20)19-5-6-21-13(9-19)8-18(2)7-12-3-4-12/h10,12-13H,3-9H2,1-2H3,(H,16,17,20)/t13-/m0/s1. The summed E-state index contributed by atoms with van der Waals surface area (Å²) in [6.45, 7) is 5.63. The predicted octanol–water partition coefficient (Wildman–Crippen LogP) is 1.56. The van der Waals surface area contributed by atoms with Crippen LogP contribution in [0.2, 0.25) is 0 Å². The van der Waals surface area contributed by atoms with Crippen LogP contribution in [0.25, 0.3) is 0 Å². The average Bonchev–Trinajstić information content (AvgIpc) is 3.21. The quantitative estimate of drug-likeness (QED) is 0.894. The number of morpholine rings is 1. The molecule has 0 unspecified atom stereocenters. The van der Waals surface area contributed by atoms with Gasteiger partial charge in [-0.05, 0) is 32.7 Å². The lowest BCUT2D eigenvalue weighted by Gasteiger charge is -2.34. The van der Waals surface area contributed by atoms with E-state index in [4.69, 9.17) is 9.26 Å². The second kappa shape index (κ2) is 6.66. The summed E-state index contributed by atoms with van der Waals surface area (Å²) in [6, 6.07) is -0.143. The van der Waals surface area contributed by atoms with Gasteiger partial charge in [-0.25, -0.2) is 4.79 Å². The Labute approximate surface area is 130 Å². The average molecular weight is 308 g/mol. The third-order valence-electron chi connectivity index (χ3n) is 4.18. The second-order valence-corrected chi connectivity index (χ2v) is 6.38. The van der Waals surface area contributed by atoms with Gasteiger partial charge in [0.25, 0.3) is 0 Å². The lowest BCUT2D eigenvalue weighted by molar-refractivity contribution is -0.0261. The first-order valence-corrected chi connectivity index (χ1v) is 7.89. The molecule has 1 saturated heterocycles. The maximum Gasteiger partial charge on any atom is 0.323 e. The normalized spacial score (nSPS) is 22.1. The van der Waals surface area contributed by atoms with E-state index in [2.05, 4.69) is 22.4 Å². The first-order chi connectivity index (χ1) is 10.6.